The summed E-state index contributed by atoms with van der Waals surface area (Å²) in [4.78, 5) is 14.8. The number of aliphatic imine (C=N–C) groups is 1. The molecule has 0 saturated heterocycles. The zero-order valence-electron chi connectivity index (χ0n) is 17.5. The van der Waals surface area contributed by atoms with E-state index in [2.05, 4.69) is 11.6 Å². The Morgan fingerprint density at radius 2 is 1.77 bits per heavy atom. The minimum Gasteiger partial charge on any atom is -0.489 e. The third kappa shape index (κ3) is 7.00. The van der Waals surface area contributed by atoms with E-state index in [9.17, 15) is 14.7 Å². The monoisotopic (exact) mass is 444 g/mol. The molecule has 2 aromatic carbocycles. The van der Waals surface area contributed by atoms with Crippen molar-refractivity contribution in [2.24, 2.45) is 4.99 Å². The molecule has 0 radical (unpaired) electrons. The smallest absolute Gasteiger partial charge is 0.379 e. The van der Waals surface area contributed by atoms with Gasteiger partial charge in [0, 0.05) is 23.9 Å². The molecule has 164 valence electrons. The molecule has 8 nitrogen and oxygen atoms in total. The van der Waals surface area contributed by atoms with Crippen molar-refractivity contribution in [2.75, 3.05) is 19.8 Å². The summed E-state index contributed by atoms with van der Waals surface area (Å²) in [6.45, 7) is 7.69. The van der Waals surface area contributed by atoms with Crippen LogP contribution in [-0.4, -0.2) is 31.0 Å². The highest BCUT2D eigenvalue weighted by atomic mass is 31.2. The van der Waals surface area contributed by atoms with Crippen LogP contribution in [-0.2, 0) is 13.6 Å². The lowest BCUT2D eigenvalue weighted by molar-refractivity contribution is -0.384. The molecule has 0 aromatic heterocycles. The fourth-order valence-electron chi connectivity index (χ4n) is 2.54. The third-order valence-corrected chi connectivity index (χ3v) is 5.89. The molecule has 0 amide bonds. The van der Waals surface area contributed by atoms with E-state index in [1.165, 1.54) is 36.6 Å². The molecule has 0 unspecified atom stereocenters. The average molecular weight is 444 g/mol. The zero-order valence-corrected chi connectivity index (χ0v) is 18.4. The van der Waals surface area contributed by atoms with Crippen molar-refractivity contribution in [2.45, 2.75) is 13.8 Å². The first kappa shape index (κ1) is 24.2. The van der Waals surface area contributed by atoms with Gasteiger partial charge >= 0.3 is 7.60 Å². The van der Waals surface area contributed by atoms with Gasteiger partial charge in [0.05, 0.1) is 18.1 Å². The molecule has 0 atom stereocenters. The van der Waals surface area contributed by atoms with Gasteiger partial charge in [0.15, 0.2) is 5.44 Å². The number of nitro groups is 1. The van der Waals surface area contributed by atoms with E-state index >= 15 is 0 Å². The molecular formula is C22H25N2O6P. The Morgan fingerprint density at radius 3 is 2.35 bits per heavy atom. The lowest BCUT2D eigenvalue weighted by atomic mass is 10.2. The first-order chi connectivity index (χ1) is 14.9. The third-order valence-electron chi connectivity index (χ3n) is 3.89. The topological polar surface area (TPSA) is 100 Å². The fourth-order valence-corrected chi connectivity index (χ4v) is 4.07. The summed E-state index contributed by atoms with van der Waals surface area (Å²) >= 11 is 0. The highest BCUT2D eigenvalue weighted by Crippen LogP contribution is 2.57. The van der Waals surface area contributed by atoms with E-state index in [1.807, 2.05) is 12.1 Å². The largest absolute Gasteiger partial charge is 0.489 e. The van der Waals surface area contributed by atoms with Crippen molar-refractivity contribution in [1.29, 1.82) is 0 Å². The maximum atomic E-state index is 13.4. The summed E-state index contributed by atoms with van der Waals surface area (Å²) in [5.74, 6) is 0.587. The summed E-state index contributed by atoms with van der Waals surface area (Å²) in [5, 5.41) is 10.9. The van der Waals surface area contributed by atoms with Gasteiger partial charge in [0.2, 0.25) is 0 Å². The summed E-state index contributed by atoms with van der Waals surface area (Å²) < 4.78 is 29.9. The van der Waals surface area contributed by atoms with Crippen LogP contribution in [0.3, 0.4) is 0 Å². The molecule has 0 bridgehead atoms. The van der Waals surface area contributed by atoms with Gasteiger partial charge in [-0.25, -0.2) is 4.99 Å². The van der Waals surface area contributed by atoms with Gasteiger partial charge in [-0.15, -0.1) is 0 Å². The molecule has 2 rings (SSSR count). The molecule has 0 N–H and O–H groups in total. The number of para-hydroxylation sites is 1. The SMILES string of the molecule is C=CCOc1ccccc1/C=N/C(=C/c1ccc([N+](=O)[O-])cc1)P(=O)(OCC)OCC. The van der Waals surface area contributed by atoms with E-state index in [-0.39, 0.29) is 24.3 Å². The van der Waals surface area contributed by atoms with Crippen molar-refractivity contribution in [1.82, 2.24) is 0 Å². The maximum Gasteiger partial charge on any atom is 0.379 e. The fraction of sp³-hybridized carbons (Fsp3) is 0.227. The minimum atomic E-state index is -3.73. The molecule has 0 fully saturated rings. The average Bonchev–Trinajstić information content (AvgIpc) is 2.76. The van der Waals surface area contributed by atoms with E-state index in [4.69, 9.17) is 13.8 Å². The summed E-state index contributed by atoms with van der Waals surface area (Å²) in [6.07, 6.45) is 4.67. The van der Waals surface area contributed by atoms with Crippen LogP contribution in [0.5, 0.6) is 5.75 Å². The summed E-state index contributed by atoms with van der Waals surface area (Å²) in [6, 6.07) is 13.0. The van der Waals surface area contributed by atoms with Crippen molar-refractivity contribution < 1.29 is 23.3 Å². The minimum absolute atomic E-state index is 0.0479. The number of hydrogen-bond donors (Lipinski definition) is 0. The highest BCUT2D eigenvalue weighted by molar-refractivity contribution is 7.58. The number of nitro benzene ring substituents is 1. The van der Waals surface area contributed by atoms with Gasteiger partial charge in [-0.05, 0) is 49.8 Å². The van der Waals surface area contributed by atoms with Gasteiger partial charge in [-0.1, -0.05) is 24.8 Å². The first-order valence-corrected chi connectivity index (χ1v) is 11.2. The lowest BCUT2D eigenvalue weighted by Gasteiger charge is -2.17. The van der Waals surface area contributed by atoms with Gasteiger partial charge < -0.3 is 13.8 Å². The lowest BCUT2D eigenvalue weighted by Crippen LogP contribution is -2.00. The molecular weight excluding hydrogens is 419 g/mol. The van der Waals surface area contributed by atoms with Crippen LogP contribution in [0, 0.1) is 10.1 Å². The predicted molar refractivity (Wildman–Crippen MR) is 122 cm³/mol. The molecule has 0 heterocycles. The van der Waals surface area contributed by atoms with Crippen LogP contribution in [0.4, 0.5) is 5.69 Å². The molecule has 0 aliphatic carbocycles. The Labute approximate surface area is 181 Å². The summed E-state index contributed by atoms with van der Waals surface area (Å²) in [7, 11) is -3.73. The van der Waals surface area contributed by atoms with Gasteiger partial charge in [0.1, 0.15) is 12.4 Å². The molecule has 2 aromatic rings. The van der Waals surface area contributed by atoms with Gasteiger partial charge in [0.25, 0.3) is 5.69 Å². The Morgan fingerprint density at radius 1 is 1.13 bits per heavy atom. The second-order valence-corrected chi connectivity index (χ2v) is 8.05. The standard InChI is InChI=1S/C22H25N2O6P/c1-4-15-28-21-10-8-7-9-19(21)17-23-22(31(27,29-5-2)30-6-3)16-18-11-13-20(14-12-18)24(25)26/h4,7-14,16-17H,1,5-6,15H2,2-3H3/b22-16-,23-17+. The maximum absolute atomic E-state index is 13.4. The van der Waals surface area contributed by atoms with Crippen LogP contribution in [0.1, 0.15) is 25.0 Å². The normalized spacial score (nSPS) is 12.1. The van der Waals surface area contributed by atoms with Crippen LogP contribution in [0.25, 0.3) is 6.08 Å². The number of ether oxygens (including phenoxy) is 1. The molecule has 0 aliphatic rings. The second kappa shape index (κ2) is 12.0. The van der Waals surface area contributed by atoms with Crippen molar-refractivity contribution in [3.63, 3.8) is 0 Å². The quantitative estimate of drug-likeness (QED) is 0.134. The first-order valence-electron chi connectivity index (χ1n) is 9.66. The van der Waals surface area contributed by atoms with Crippen molar-refractivity contribution >= 4 is 25.6 Å². The van der Waals surface area contributed by atoms with Crippen LogP contribution < -0.4 is 4.74 Å². The molecule has 0 aliphatic heterocycles. The highest BCUT2D eigenvalue weighted by Gasteiger charge is 2.29. The van der Waals surface area contributed by atoms with Crippen LogP contribution in [0.15, 0.2) is 71.6 Å². The predicted octanol–water partition coefficient (Wildman–Crippen LogP) is 5.84. The summed E-state index contributed by atoms with van der Waals surface area (Å²) in [5.41, 5.74) is 1.25. The van der Waals surface area contributed by atoms with E-state index in [1.54, 1.807) is 32.1 Å². The Kier molecular flexibility index (Phi) is 9.34. The number of rotatable bonds is 12. The molecule has 9 heteroatoms. The van der Waals surface area contributed by atoms with Crippen LogP contribution >= 0.6 is 7.60 Å². The molecule has 0 saturated carbocycles. The van der Waals surface area contributed by atoms with Gasteiger partial charge in [-0.2, -0.15) is 0 Å². The number of hydrogen-bond acceptors (Lipinski definition) is 7. The number of benzene rings is 2. The zero-order chi connectivity index (χ0) is 22.7. The van der Waals surface area contributed by atoms with E-state index < -0.39 is 12.5 Å². The Balaban J connectivity index is 2.50. The second-order valence-electron chi connectivity index (χ2n) is 6.08. The van der Waals surface area contributed by atoms with Gasteiger partial charge in [-0.3, -0.25) is 14.7 Å². The Hall–Kier alpha value is -3.06. The molecule has 31 heavy (non-hydrogen) atoms. The number of non-ortho nitro benzene ring substituents is 1. The van der Waals surface area contributed by atoms with Crippen LogP contribution in [0.2, 0.25) is 0 Å². The van der Waals surface area contributed by atoms with E-state index in [0.717, 1.165) is 0 Å². The van der Waals surface area contributed by atoms with Crippen molar-refractivity contribution in [3.05, 3.63) is 87.9 Å². The molecule has 0 spiro atoms. The van der Waals surface area contributed by atoms with Crippen molar-refractivity contribution in [3.8, 4) is 5.75 Å². The van der Waals surface area contributed by atoms with E-state index in [0.29, 0.717) is 23.5 Å². The Bertz CT molecular complexity index is 991. The number of nitrogens with zero attached hydrogens (tertiary/aromatic N) is 2.